The van der Waals surface area contributed by atoms with E-state index in [0.29, 0.717) is 27.2 Å². The zero-order valence-corrected chi connectivity index (χ0v) is 21.4. The second-order valence-corrected chi connectivity index (χ2v) is 10.2. The number of hydrazone groups is 1. The smallest absolute Gasteiger partial charge is 0.416 e. The molecule has 0 saturated carbocycles. The highest BCUT2D eigenvalue weighted by Gasteiger charge is 2.36. The van der Waals surface area contributed by atoms with E-state index < -0.39 is 17.9 Å². The van der Waals surface area contributed by atoms with Crippen LogP contribution in [0.15, 0.2) is 73.6 Å². The van der Waals surface area contributed by atoms with Crippen LogP contribution in [0.1, 0.15) is 37.3 Å². The van der Waals surface area contributed by atoms with Gasteiger partial charge < -0.3 is 4.42 Å². The number of carbonyl (C=O) groups excluding carboxylic acids is 1. The van der Waals surface area contributed by atoms with Crippen molar-refractivity contribution in [1.82, 2.24) is 10.3 Å². The molecule has 1 amide bonds. The number of fused-ring (bicyclic) bond motifs is 2. The number of nitrogens with zero attached hydrogens (tertiary/aromatic N) is 3. The maximum absolute atomic E-state index is 13.2. The van der Waals surface area contributed by atoms with Gasteiger partial charge in [0.1, 0.15) is 11.5 Å². The number of furan rings is 1. The van der Waals surface area contributed by atoms with Gasteiger partial charge in [0.15, 0.2) is 10.9 Å². The molecule has 3 aromatic rings. The molecule has 3 heterocycles. The molecule has 5 rings (SSSR count). The van der Waals surface area contributed by atoms with Crippen molar-refractivity contribution in [2.45, 2.75) is 32.1 Å². The monoisotopic (exact) mass is 576 g/mol. The molecule has 0 saturated heterocycles. The van der Waals surface area contributed by atoms with Gasteiger partial charge in [-0.2, -0.15) is 13.2 Å². The van der Waals surface area contributed by atoms with Crippen molar-refractivity contribution >= 4 is 44.5 Å². The maximum Gasteiger partial charge on any atom is 0.416 e. The van der Waals surface area contributed by atoms with Gasteiger partial charge in [-0.25, -0.2) is 10.0 Å². The summed E-state index contributed by atoms with van der Waals surface area (Å²) >= 11 is 4.89. The highest BCUT2D eigenvalue weighted by atomic mass is 79.9. The van der Waals surface area contributed by atoms with Crippen LogP contribution in [0.25, 0.3) is 17.0 Å². The van der Waals surface area contributed by atoms with E-state index in [1.54, 1.807) is 30.3 Å². The van der Waals surface area contributed by atoms with Gasteiger partial charge in [0, 0.05) is 21.0 Å². The second kappa shape index (κ2) is 9.78. The molecule has 11 heteroatoms. The molecule has 6 nitrogen and oxygen atoms in total. The molecule has 0 aliphatic carbocycles. The molecule has 2 aliphatic heterocycles. The summed E-state index contributed by atoms with van der Waals surface area (Å²) < 4.78 is 46.4. The second-order valence-electron chi connectivity index (χ2n) is 8.20. The Kier molecular flexibility index (Phi) is 6.69. The van der Waals surface area contributed by atoms with Gasteiger partial charge in [-0.1, -0.05) is 53.2 Å². The molecule has 0 bridgehead atoms. The predicted octanol–water partition coefficient (Wildman–Crippen LogP) is 5.40. The number of halogens is 4. The van der Waals surface area contributed by atoms with E-state index in [4.69, 9.17) is 9.41 Å². The molecule has 2 aliphatic rings. The highest BCUT2D eigenvalue weighted by molar-refractivity contribution is 9.10. The molecule has 186 valence electrons. The van der Waals surface area contributed by atoms with E-state index in [1.807, 2.05) is 6.07 Å². The molecule has 1 atom stereocenters. The lowest BCUT2D eigenvalue weighted by molar-refractivity contribution is -0.137. The third-order valence-corrected chi connectivity index (χ3v) is 7.11. The number of nitrogens with one attached hydrogen (secondary N) is 1. The molecule has 0 fully saturated rings. The first-order valence-electron chi connectivity index (χ1n) is 11.2. The number of hydrogen-bond acceptors (Lipinski definition) is 6. The maximum atomic E-state index is 13.2. The van der Waals surface area contributed by atoms with E-state index in [2.05, 4.69) is 33.3 Å². The molecule has 0 unspecified atom stereocenters. The third-order valence-electron chi connectivity index (χ3n) is 5.66. The van der Waals surface area contributed by atoms with E-state index in [1.165, 1.54) is 22.8 Å². The molecule has 1 N–H and O–H groups in total. The third kappa shape index (κ3) is 4.81. The van der Waals surface area contributed by atoms with Crippen LogP contribution in [0.4, 0.5) is 13.2 Å². The Bertz CT molecular complexity index is 1480. The summed E-state index contributed by atoms with van der Waals surface area (Å²) in [7, 11) is 0. The summed E-state index contributed by atoms with van der Waals surface area (Å²) in [5, 5.41) is 10.7. The average Bonchev–Trinajstić information content (AvgIpc) is 3.33. The number of alkyl halides is 3. The Labute approximate surface area is 217 Å². The number of unbranched alkanes of at least 4 members (excludes halogenated alkanes) is 1. The average molecular weight is 577 g/mol. The van der Waals surface area contributed by atoms with Crippen LogP contribution in [-0.4, -0.2) is 21.8 Å². The molecule has 0 radical (unpaired) electrons. The van der Waals surface area contributed by atoms with Crippen LogP contribution in [0, 0.1) is 0 Å². The van der Waals surface area contributed by atoms with Crippen molar-refractivity contribution in [3.05, 3.63) is 81.0 Å². The standard InChI is InChI=1S/C25H20BrF3N4O2S/c1-2-3-11-36-24-31-23(34)21-17-13-16(26)7-8-18(17)30-22(33(21)32-24)20-10-9-19(35-20)14-5-4-6-15(12-14)25(27,28)29/h4-10,12-13,22H,2-3,11H2,1H3,(H,31,32,34)/t22-/m1/s1. The van der Waals surface area contributed by atoms with Crippen LogP contribution in [0.2, 0.25) is 0 Å². The minimum atomic E-state index is -4.46. The SMILES string of the molecule is CCCCSC1=NN2C(=c3cc(Br)ccc3=N[C@H]2c2ccc(-c3cccc(C(F)(F)F)c3)o2)C(=O)N1. The van der Waals surface area contributed by atoms with Crippen molar-refractivity contribution in [2.75, 3.05) is 5.75 Å². The van der Waals surface area contributed by atoms with Gasteiger partial charge in [0.05, 0.1) is 10.9 Å². The summed E-state index contributed by atoms with van der Waals surface area (Å²) in [5.41, 5.74) is -0.152. The quantitative estimate of drug-likeness (QED) is 0.413. The Morgan fingerprint density at radius 3 is 2.78 bits per heavy atom. The fourth-order valence-corrected chi connectivity index (χ4v) is 5.21. The highest BCUT2D eigenvalue weighted by Crippen LogP contribution is 2.36. The lowest BCUT2D eigenvalue weighted by Crippen LogP contribution is -2.50. The topological polar surface area (TPSA) is 70.2 Å². The molecular formula is C25H20BrF3N4O2S. The van der Waals surface area contributed by atoms with E-state index >= 15 is 0 Å². The lowest BCUT2D eigenvalue weighted by Gasteiger charge is -2.32. The molecule has 1 aromatic heterocycles. The summed E-state index contributed by atoms with van der Waals surface area (Å²) in [4.78, 5) is 18.0. The largest absolute Gasteiger partial charge is 0.457 e. The van der Waals surface area contributed by atoms with Gasteiger partial charge in [0.25, 0.3) is 5.91 Å². The Morgan fingerprint density at radius 2 is 2.00 bits per heavy atom. The van der Waals surface area contributed by atoms with Gasteiger partial charge in [-0.05, 0) is 48.9 Å². The summed E-state index contributed by atoms with van der Waals surface area (Å²) in [6.07, 6.45) is -3.29. The minimum Gasteiger partial charge on any atom is -0.457 e. The summed E-state index contributed by atoms with van der Waals surface area (Å²) in [6, 6.07) is 13.6. The normalized spacial score (nSPS) is 17.2. The molecule has 36 heavy (non-hydrogen) atoms. The van der Waals surface area contributed by atoms with Crippen molar-refractivity contribution < 1.29 is 22.4 Å². The zero-order valence-electron chi connectivity index (χ0n) is 19.0. The van der Waals surface area contributed by atoms with Crippen LogP contribution in [-0.2, 0) is 11.0 Å². The van der Waals surface area contributed by atoms with Crippen LogP contribution >= 0.6 is 27.7 Å². The number of benzene rings is 2. The van der Waals surface area contributed by atoms with Gasteiger partial charge >= 0.3 is 6.18 Å². The van der Waals surface area contributed by atoms with E-state index in [-0.39, 0.29) is 17.2 Å². The number of thioether (sulfide) groups is 1. The van der Waals surface area contributed by atoms with Crippen molar-refractivity contribution in [2.24, 2.45) is 10.1 Å². The number of hydrogen-bond donors (Lipinski definition) is 1. The van der Waals surface area contributed by atoms with Crippen LogP contribution < -0.4 is 15.9 Å². The Balaban J connectivity index is 1.58. The Hall–Kier alpha value is -3.05. The van der Waals surface area contributed by atoms with Crippen molar-refractivity contribution in [1.29, 1.82) is 0 Å². The van der Waals surface area contributed by atoms with Gasteiger partial charge in [0.2, 0.25) is 6.17 Å². The predicted molar refractivity (Wildman–Crippen MR) is 135 cm³/mol. The molecule has 0 spiro atoms. The van der Waals surface area contributed by atoms with Gasteiger partial charge in [-0.3, -0.25) is 10.1 Å². The first-order valence-corrected chi connectivity index (χ1v) is 13.0. The summed E-state index contributed by atoms with van der Waals surface area (Å²) in [5.74, 6) is 1.10. The first-order chi connectivity index (χ1) is 17.2. The van der Waals surface area contributed by atoms with Crippen LogP contribution in [0.5, 0.6) is 0 Å². The van der Waals surface area contributed by atoms with Crippen molar-refractivity contribution in [3.8, 4) is 11.3 Å². The van der Waals surface area contributed by atoms with E-state index in [9.17, 15) is 18.0 Å². The molecule has 2 aromatic carbocycles. The fraction of sp³-hybridized carbons (Fsp3) is 0.240. The first kappa shape index (κ1) is 24.6. The fourth-order valence-electron chi connectivity index (χ4n) is 3.91. The van der Waals surface area contributed by atoms with Crippen molar-refractivity contribution in [3.63, 3.8) is 0 Å². The number of carbonyl (C=O) groups is 1. The number of rotatable bonds is 5. The number of amides is 1. The zero-order chi connectivity index (χ0) is 25.4. The summed E-state index contributed by atoms with van der Waals surface area (Å²) in [6.45, 7) is 2.08. The van der Waals surface area contributed by atoms with E-state index in [0.717, 1.165) is 35.2 Å². The Morgan fingerprint density at radius 1 is 1.17 bits per heavy atom. The van der Waals surface area contributed by atoms with Crippen LogP contribution in [0.3, 0.4) is 0 Å². The lowest BCUT2D eigenvalue weighted by atomic mass is 10.1. The van der Waals surface area contributed by atoms with Gasteiger partial charge in [-0.15, -0.1) is 5.10 Å². The molecular weight excluding hydrogens is 557 g/mol. The minimum absolute atomic E-state index is 0.262. The number of amidine groups is 1.